The van der Waals surface area contributed by atoms with E-state index in [-0.39, 0.29) is 31.0 Å². The Morgan fingerprint density at radius 2 is 2.00 bits per heavy atom. The molecule has 3 rings (SSSR count). The number of benzene rings is 1. The zero-order chi connectivity index (χ0) is 16.1. The van der Waals surface area contributed by atoms with Gasteiger partial charge in [0.05, 0.1) is 38.4 Å². The van der Waals surface area contributed by atoms with Crippen molar-refractivity contribution in [1.29, 1.82) is 0 Å². The molecule has 5 nitrogen and oxygen atoms in total. The van der Waals surface area contributed by atoms with Crippen LogP contribution in [-0.2, 0) is 25.6 Å². The van der Waals surface area contributed by atoms with Gasteiger partial charge in [0.15, 0.2) is 5.79 Å². The fraction of sp³-hybridized carbons (Fsp3) is 0.611. The average molecular weight is 320 g/mol. The largest absolute Gasteiger partial charge is 0.394 e. The highest BCUT2D eigenvalue weighted by Gasteiger charge is 2.45. The van der Waals surface area contributed by atoms with Gasteiger partial charge in [0, 0.05) is 12.8 Å². The summed E-state index contributed by atoms with van der Waals surface area (Å²) >= 11 is 0. The number of Topliss-reactive ketones (excluding diaryl/α,β-unsaturated/α-hetero) is 1. The normalized spacial score (nSPS) is 31.4. The SMILES string of the molecule is O=C1C[C@H](COCc2ccccc2)O[C@@]2(CCC[C@H](CO)O2)C1. The number of ketones is 1. The third kappa shape index (κ3) is 4.38. The van der Waals surface area contributed by atoms with Crippen LogP contribution < -0.4 is 0 Å². The first-order chi connectivity index (χ1) is 11.2. The van der Waals surface area contributed by atoms with Crippen LogP contribution in [0.2, 0.25) is 0 Å². The molecular formula is C18H24O5. The molecule has 0 aromatic heterocycles. The second-order valence-corrected chi connectivity index (χ2v) is 6.39. The van der Waals surface area contributed by atoms with E-state index in [4.69, 9.17) is 14.2 Å². The second kappa shape index (κ2) is 7.53. The number of carbonyl (C=O) groups is 1. The average Bonchev–Trinajstić information content (AvgIpc) is 2.55. The molecule has 3 atom stereocenters. The van der Waals surface area contributed by atoms with Crippen LogP contribution >= 0.6 is 0 Å². The van der Waals surface area contributed by atoms with Gasteiger partial charge in [-0.1, -0.05) is 30.3 Å². The summed E-state index contributed by atoms with van der Waals surface area (Å²) < 4.78 is 17.7. The number of ether oxygens (including phenoxy) is 3. The molecule has 23 heavy (non-hydrogen) atoms. The molecule has 1 aromatic rings. The molecule has 2 aliphatic heterocycles. The molecule has 0 unspecified atom stereocenters. The Morgan fingerprint density at radius 3 is 2.78 bits per heavy atom. The van der Waals surface area contributed by atoms with Gasteiger partial charge in [0.25, 0.3) is 0 Å². The van der Waals surface area contributed by atoms with Crippen molar-refractivity contribution in [3.63, 3.8) is 0 Å². The highest BCUT2D eigenvalue weighted by Crippen LogP contribution is 2.37. The Morgan fingerprint density at radius 1 is 1.22 bits per heavy atom. The van der Waals surface area contributed by atoms with E-state index in [1.807, 2.05) is 30.3 Å². The van der Waals surface area contributed by atoms with Gasteiger partial charge in [0.1, 0.15) is 5.78 Å². The zero-order valence-corrected chi connectivity index (χ0v) is 13.3. The highest BCUT2D eigenvalue weighted by atomic mass is 16.7. The standard InChI is InChI=1S/C18H24O5/c19-11-16-7-4-8-18(22-16)10-15(20)9-17(23-18)13-21-12-14-5-2-1-3-6-14/h1-3,5-6,16-17,19H,4,7-13H2/t16-,17-,18+/m1/s1. The van der Waals surface area contributed by atoms with E-state index >= 15 is 0 Å². The maximum absolute atomic E-state index is 12.1. The summed E-state index contributed by atoms with van der Waals surface area (Å²) in [6, 6.07) is 9.92. The van der Waals surface area contributed by atoms with Crippen molar-refractivity contribution in [1.82, 2.24) is 0 Å². The van der Waals surface area contributed by atoms with E-state index in [9.17, 15) is 9.90 Å². The molecule has 0 aliphatic carbocycles. The van der Waals surface area contributed by atoms with Gasteiger partial charge in [-0.3, -0.25) is 4.79 Å². The van der Waals surface area contributed by atoms with Gasteiger partial charge in [-0.15, -0.1) is 0 Å². The van der Waals surface area contributed by atoms with Crippen molar-refractivity contribution in [2.45, 2.75) is 56.7 Å². The quantitative estimate of drug-likeness (QED) is 0.901. The summed E-state index contributed by atoms with van der Waals surface area (Å²) in [4.78, 5) is 12.1. The van der Waals surface area contributed by atoms with Crippen LogP contribution in [-0.4, -0.2) is 42.1 Å². The van der Waals surface area contributed by atoms with Gasteiger partial charge in [-0.25, -0.2) is 0 Å². The molecule has 2 heterocycles. The molecule has 0 radical (unpaired) electrons. The van der Waals surface area contributed by atoms with Crippen LogP contribution in [0.1, 0.15) is 37.7 Å². The fourth-order valence-electron chi connectivity index (χ4n) is 3.35. The lowest BCUT2D eigenvalue weighted by Gasteiger charge is -2.44. The summed E-state index contributed by atoms with van der Waals surface area (Å²) in [5, 5.41) is 9.31. The minimum atomic E-state index is -0.859. The van der Waals surface area contributed by atoms with Crippen molar-refractivity contribution < 1.29 is 24.1 Å². The molecule has 1 spiro atoms. The Hall–Kier alpha value is -1.27. The molecule has 2 saturated heterocycles. The topological polar surface area (TPSA) is 65.0 Å². The van der Waals surface area contributed by atoms with Crippen molar-refractivity contribution in [3.05, 3.63) is 35.9 Å². The van der Waals surface area contributed by atoms with Gasteiger partial charge >= 0.3 is 0 Å². The monoisotopic (exact) mass is 320 g/mol. The van der Waals surface area contributed by atoms with Gasteiger partial charge < -0.3 is 19.3 Å². The Labute approximate surface area is 136 Å². The van der Waals surface area contributed by atoms with Gasteiger partial charge in [-0.2, -0.15) is 0 Å². The lowest BCUT2D eigenvalue weighted by Crippen LogP contribution is -2.52. The fourth-order valence-corrected chi connectivity index (χ4v) is 3.35. The minimum absolute atomic E-state index is 0.0333. The number of aliphatic hydroxyl groups is 1. The number of hydrogen-bond donors (Lipinski definition) is 1. The minimum Gasteiger partial charge on any atom is -0.394 e. The Bertz CT molecular complexity index is 517. The third-order valence-corrected chi connectivity index (χ3v) is 4.39. The van der Waals surface area contributed by atoms with Crippen LogP contribution in [0.4, 0.5) is 0 Å². The maximum atomic E-state index is 12.1. The number of hydrogen-bond acceptors (Lipinski definition) is 5. The lowest BCUT2D eigenvalue weighted by molar-refractivity contribution is -0.313. The van der Waals surface area contributed by atoms with E-state index < -0.39 is 5.79 Å². The lowest BCUT2D eigenvalue weighted by atomic mass is 9.92. The van der Waals surface area contributed by atoms with Crippen molar-refractivity contribution in [3.8, 4) is 0 Å². The molecule has 2 aliphatic rings. The molecule has 0 saturated carbocycles. The van der Waals surface area contributed by atoms with Crippen LogP contribution in [0, 0.1) is 0 Å². The van der Waals surface area contributed by atoms with E-state index in [1.54, 1.807) is 0 Å². The van der Waals surface area contributed by atoms with Gasteiger partial charge in [0.2, 0.25) is 0 Å². The van der Waals surface area contributed by atoms with Gasteiger partial charge in [-0.05, 0) is 18.4 Å². The summed E-state index contributed by atoms with van der Waals surface area (Å²) in [5.41, 5.74) is 1.10. The summed E-state index contributed by atoms with van der Waals surface area (Å²) in [6.07, 6.45) is 2.53. The van der Waals surface area contributed by atoms with E-state index in [2.05, 4.69) is 0 Å². The van der Waals surface area contributed by atoms with Crippen LogP contribution in [0.3, 0.4) is 0 Å². The predicted molar refractivity (Wildman–Crippen MR) is 83.8 cm³/mol. The Kier molecular flexibility index (Phi) is 5.43. The molecular weight excluding hydrogens is 296 g/mol. The first-order valence-corrected chi connectivity index (χ1v) is 8.29. The smallest absolute Gasteiger partial charge is 0.176 e. The summed E-state index contributed by atoms with van der Waals surface area (Å²) in [6.45, 7) is 0.839. The highest BCUT2D eigenvalue weighted by molar-refractivity contribution is 5.80. The van der Waals surface area contributed by atoms with Crippen LogP contribution in [0.25, 0.3) is 0 Å². The second-order valence-electron chi connectivity index (χ2n) is 6.39. The number of rotatable bonds is 5. The van der Waals surface area contributed by atoms with E-state index in [0.29, 0.717) is 26.1 Å². The summed E-state index contributed by atoms with van der Waals surface area (Å²) in [5.74, 6) is -0.718. The Balaban J connectivity index is 1.54. The van der Waals surface area contributed by atoms with Crippen LogP contribution in [0.5, 0.6) is 0 Å². The molecule has 1 aromatic carbocycles. The van der Waals surface area contributed by atoms with Crippen molar-refractivity contribution in [2.75, 3.05) is 13.2 Å². The first kappa shape index (κ1) is 16.6. The number of carbonyl (C=O) groups excluding carboxylic acids is 1. The molecule has 5 heteroatoms. The molecule has 126 valence electrons. The van der Waals surface area contributed by atoms with E-state index in [1.165, 1.54) is 0 Å². The van der Waals surface area contributed by atoms with Crippen molar-refractivity contribution in [2.24, 2.45) is 0 Å². The third-order valence-electron chi connectivity index (χ3n) is 4.39. The molecule has 2 fully saturated rings. The molecule has 1 N–H and O–H groups in total. The predicted octanol–water partition coefficient (Wildman–Crippen LogP) is 2.21. The van der Waals surface area contributed by atoms with Crippen molar-refractivity contribution >= 4 is 5.78 Å². The first-order valence-electron chi connectivity index (χ1n) is 8.29. The summed E-state index contributed by atoms with van der Waals surface area (Å²) in [7, 11) is 0. The number of aliphatic hydroxyl groups excluding tert-OH is 1. The van der Waals surface area contributed by atoms with E-state index in [0.717, 1.165) is 18.4 Å². The zero-order valence-electron chi connectivity index (χ0n) is 13.3. The maximum Gasteiger partial charge on any atom is 0.176 e. The van der Waals surface area contributed by atoms with Crippen LogP contribution in [0.15, 0.2) is 30.3 Å². The molecule has 0 bridgehead atoms. The molecule has 0 amide bonds.